The Morgan fingerprint density at radius 3 is 2.27 bits per heavy atom. The number of hydrogen-bond acceptors (Lipinski definition) is 6. The second-order valence-corrected chi connectivity index (χ2v) is 9.19. The second-order valence-electron chi connectivity index (χ2n) is 7.29. The molecule has 0 spiro atoms. The van der Waals surface area contributed by atoms with Crippen LogP contribution >= 0.6 is 0 Å². The fourth-order valence-corrected chi connectivity index (χ4v) is 5.15. The molecule has 2 fully saturated rings. The van der Waals surface area contributed by atoms with E-state index in [-0.39, 0.29) is 10.6 Å². The molecule has 0 aromatic heterocycles. The molecule has 0 unspecified atom stereocenters. The van der Waals surface area contributed by atoms with E-state index in [1.807, 2.05) is 11.9 Å². The lowest BCUT2D eigenvalue weighted by atomic mass is 9.99. The maximum absolute atomic E-state index is 13.3. The third kappa shape index (κ3) is 3.84. The average Bonchev–Trinajstić information content (AvgIpc) is 2.62. The largest absolute Gasteiger partial charge is 0.370 e. The van der Waals surface area contributed by atoms with Crippen molar-refractivity contribution in [2.24, 2.45) is 5.92 Å². The van der Waals surface area contributed by atoms with Crippen molar-refractivity contribution < 1.29 is 13.3 Å². The summed E-state index contributed by atoms with van der Waals surface area (Å²) in [4.78, 5) is 14.9. The van der Waals surface area contributed by atoms with Crippen molar-refractivity contribution in [2.75, 3.05) is 51.2 Å². The minimum absolute atomic E-state index is 0.0609. The molecular formula is C17H26N4O4S. The van der Waals surface area contributed by atoms with Crippen LogP contribution in [-0.4, -0.2) is 68.9 Å². The van der Waals surface area contributed by atoms with E-state index < -0.39 is 14.9 Å². The Bertz CT molecular complexity index is 767. The van der Waals surface area contributed by atoms with Crippen LogP contribution in [0.2, 0.25) is 0 Å². The fraction of sp³-hybridized carbons (Fsp3) is 0.647. The molecule has 0 bridgehead atoms. The normalized spacial score (nSPS) is 21.1. The molecule has 0 atom stereocenters. The maximum Gasteiger partial charge on any atom is 0.270 e. The predicted octanol–water partition coefficient (Wildman–Crippen LogP) is 1.77. The maximum atomic E-state index is 13.3. The Labute approximate surface area is 154 Å². The molecule has 0 saturated carbocycles. The Hall–Kier alpha value is -1.71. The third-order valence-electron chi connectivity index (χ3n) is 5.36. The quantitative estimate of drug-likeness (QED) is 0.583. The molecule has 2 aliphatic rings. The zero-order valence-electron chi connectivity index (χ0n) is 15.3. The summed E-state index contributed by atoms with van der Waals surface area (Å²) >= 11 is 0. The Kier molecular flexibility index (Phi) is 5.50. The number of nitrogens with zero attached hydrogens (tertiary/aromatic N) is 4. The first kappa shape index (κ1) is 19.1. The molecule has 2 heterocycles. The molecule has 26 heavy (non-hydrogen) atoms. The van der Waals surface area contributed by atoms with Gasteiger partial charge in [-0.05, 0) is 31.9 Å². The van der Waals surface area contributed by atoms with E-state index in [0.717, 1.165) is 25.9 Å². The molecule has 2 aliphatic heterocycles. The number of nitro benzene ring substituents is 1. The van der Waals surface area contributed by atoms with Gasteiger partial charge in [0, 0.05) is 51.4 Å². The van der Waals surface area contributed by atoms with Crippen molar-refractivity contribution in [3.05, 3.63) is 28.3 Å². The molecule has 0 amide bonds. The smallest absolute Gasteiger partial charge is 0.270 e. The van der Waals surface area contributed by atoms with Crippen molar-refractivity contribution >= 4 is 21.4 Å². The van der Waals surface area contributed by atoms with Crippen LogP contribution in [0.25, 0.3) is 0 Å². The van der Waals surface area contributed by atoms with Gasteiger partial charge in [0.2, 0.25) is 10.0 Å². The summed E-state index contributed by atoms with van der Waals surface area (Å²) in [6.07, 6.45) is 1.98. The molecular weight excluding hydrogens is 356 g/mol. The number of anilines is 1. The highest BCUT2D eigenvalue weighted by atomic mass is 32.2. The van der Waals surface area contributed by atoms with Gasteiger partial charge < -0.3 is 9.80 Å². The van der Waals surface area contributed by atoms with Crippen LogP contribution < -0.4 is 4.90 Å². The topological polar surface area (TPSA) is 87.0 Å². The van der Waals surface area contributed by atoms with Gasteiger partial charge >= 0.3 is 0 Å². The molecule has 9 heteroatoms. The standard InChI is InChI=1S/C17H26N4O4S/c1-14-5-7-19(8-6-14)16-4-3-15(21(22)23)13-17(16)26(24,25)20-11-9-18(2)10-12-20/h3-4,13-14H,5-12H2,1-2H3. The van der Waals surface area contributed by atoms with Gasteiger partial charge in [-0.2, -0.15) is 4.31 Å². The van der Waals surface area contributed by atoms with Crippen LogP contribution in [0, 0.1) is 16.0 Å². The van der Waals surface area contributed by atoms with Crippen LogP contribution in [0.3, 0.4) is 0 Å². The number of sulfonamides is 1. The second kappa shape index (κ2) is 7.50. The van der Waals surface area contributed by atoms with E-state index >= 15 is 0 Å². The van der Waals surface area contributed by atoms with Crippen molar-refractivity contribution in [3.63, 3.8) is 0 Å². The summed E-state index contributed by atoms with van der Waals surface area (Å²) in [5.41, 5.74) is 0.397. The van der Waals surface area contributed by atoms with Crippen molar-refractivity contribution in [1.29, 1.82) is 0 Å². The minimum Gasteiger partial charge on any atom is -0.370 e. The summed E-state index contributed by atoms with van der Waals surface area (Å²) in [7, 11) is -1.82. The lowest BCUT2D eigenvalue weighted by Gasteiger charge is -2.35. The summed E-state index contributed by atoms with van der Waals surface area (Å²) in [5.74, 6) is 0.613. The van der Waals surface area contributed by atoms with E-state index in [4.69, 9.17) is 0 Å². The van der Waals surface area contributed by atoms with Crippen LogP contribution in [-0.2, 0) is 10.0 Å². The molecule has 1 aromatic rings. The molecule has 1 aromatic carbocycles. The van der Waals surface area contributed by atoms with Crippen LogP contribution in [0.1, 0.15) is 19.8 Å². The van der Waals surface area contributed by atoms with E-state index in [2.05, 4.69) is 11.8 Å². The molecule has 3 rings (SSSR count). The third-order valence-corrected chi connectivity index (χ3v) is 7.29. The number of piperazine rings is 1. The van der Waals surface area contributed by atoms with E-state index in [1.165, 1.54) is 16.4 Å². The van der Waals surface area contributed by atoms with Crippen LogP contribution in [0.5, 0.6) is 0 Å². The molecule has 0 radical (unpaired) electrons. The Morgan fingerprint density at radius 1 is 1.08 bits per heavy atom. The number of hydrogen-bond donors (Lipinski definition) is 0. The monoisotopic (exact) mass is 382 g/mol. The van der Waals surface area contributed by atoms with Gasteiger partial charge in [-0.25, -0.2) is 8.42 Å². The number of rotatable bonds is 4. The van der Waals surface area contributed by atoms with Gasteiger partial charge in [0.05, 0.1) is 10.6 Å². The minimum atomic E-state index is -3.77. The zero-order valence-corrected chi connectivity index (χ0v) is 16.1. The van der Waals surface area contributed by atoms with Gasteiger partial charge in [-0.15, -0.1) is 0 Å². The molecule has 0 aliphatic carbocycles. The number of likely N-dealkylation sites (N-methyl/N-ethyl adjacent to an activating group) is 1. The van der Waals surface area contributed by atoms with Gasteiger partial charge in [0.15, 0.2) is 0 Å². The molecule has 144 valence electrons. The highest BCUT2D eigenvalue weighted by Gasteiger charge is 2.33. The molecule has 8 nitrogen and oxygen atoms in total. The van der Waals surface area contributed by atoms with Crippen molar-refractivity contribution in [3.8, 4) is 0 Å². The summed E-state index contributed by atoms with van der Waals surface area (Å²) in [6, 6.07) is 4.22. The molecule has 2 saturated heterocycles. The number of nitro groups is 1. The van der Waals surface area contributed by atoms with Crippen LogP contribution in [0.4, 0.5) is 11.4 Å². The van der Waals surface area contributed by atoms with Gasteiger partial charge in [0.1, 0.15) is 4.90 Å². The first-order chi connectivity index (χ1) is 12.3. The molecule has 0 N–H and O–H groups in total. The lowest BCUT2D eigenvalue weighted by Crippen LogP contribution is -2.47. The van der Waals surface area contributed by atoms with Crippen molar-refractivity contribution in [1.82, 2.24) is 9.21 Å². The summed E-state index contributed by atoms with van der Waals surface area (Å²) in [5, 5.41) is 11.2. The number of benzene rings is 1. The Morgan fingerprint density at radius 2 is 1.69 bits per heavy atom. The van der Waals surface area contributed by atoms with Crippen molar-refractivity contribution in [2.45, 2.75) is 24.7 Å². The van der Waals surface area contributed by atoms with Crippen LogP contribution in [0.15, 0.2) is 23.1 Å². The first-order valence-corrected chi connectivity index (χ1v) is 10.4. The van der Waals surface area contributed by atoms with Gasteiger partial charge in [-0.3, -0.25) is 10.1 Å². The van der Waals surface area contributed by atoms with Gasteiger partial charge in [-0.1, -0.05) is 6.92 Å². The number of piperidine rings is 1. The fourth-order valence-electron chi connectivity index (χ4n) is 3.50. The SMILES string of the molecule is CC1CCN(c2ccc([N+](=O)[O-])cc2S(=O)(=O)N2CCN(C)CC2)CC1. The van der Waals surface area contributed by atoms with Gasteiger partial charge in [0.25, 0.3) is 5.69 Å². The number of non-ortho nitro benzene ring substituents is 1. The zero-order chi connectivity index (χ0) is 18.9. The highest BCUT2D eigenvalue weighted by molar-refractivity contribution is 7.89. The lowest BCUT2D eigenvalue weighted by molar-refractivity contribution is -0.385. The predicted molar refractivity (Wildman–Crippen MR) is 100.0 cm³/mol. The summed E-state index contributed by atoms with van der Waals surface area (Å²) in [6.45, 7) is 5.84. The first-order valence-electron chi connectivity index (χ1n) is 9.01. The average molecular weight is 382 g/mol. The summed E-state index contributed by atoms with van der Waals surface area (Å²) < 4.78 is 28.0. The van der Waals surface area contributed by atoms with E-state index in [1.54, 1.807) is 6.07 Å². The van der Waals surface area contributed by atoms with E-state index in [0.29, 0.717) is 37.8 Å². The van der Waals surface area contributed by atoms with E-state index in [9.17, 15) is 18.5 Å². The Balaban J connectivity index is 1.99. The highest BCUT2D eigenvalue weighted by Crippen LogP contribution is 2.34.